The summed E-state index contributed by atoms with van der Waals surface area (Å²) in [6, 6.07) is 4.61. The first-order valence-electron chi connectivity index (χ1n) is 7.93. The number of alkyl halides is 3. The van der Waals surface area contributed by atoms with Crippen molar-refractivity contribution in [2.75, 3.05) is 18.0 Å². The molecule has 0 aromatic heterocycles. The Labute approximate surface area is 139 Å². The van der Waals surface area contributed by atoms with Crippen LogP contribution in [0.2, 0.25) is 0 Å². The van der Waals surface area contributed by atoms with Crippen LogP contribution in [0.15, 0.2) is 18.2 Å². The molecule has 130 valence electrons. The predicted molar refractivity (Wildman–Crippen MR) is 84.4 cm³/mol. The summed E-state index contributed by atoms with van der Waals surface area (Å²) in [5.74, 6) is 0.169. The molecule has 0 heterocycles. The van der Waals surface area contributed by atoms with Crippen molar-refractivity contribution in [3.63, 3.8) is 0 Å². The third-order valence-corrected chi connectivity index (χ3v) is 4.11. The Hall–Kier alpha value is -2.23. The molecule has 1 fully saturated rings. The lowest BCUT2D eigenvalue weighted by molar-refractivity contribution is -0.137. The van der Waals surface area contributed by atoms with E-state index in [0.717, 1.165) is 18.9 Å². The number of hydrogen-bond acceptors (Lipinski definition) is 3. The Bertz CT molecular complexity index is 647. The fourth-order valence-corrected chi connectivity index (χ4v) is 2.57. The molecule has 0 bridgehead atoms. The van der Waals surface area contributed by atoms with Crippen LogP contribution in [-0.4, -0.2) is 25.0 Å². The van der Waals surface area contributed by atoms with Crippen molar-refractivity contribution < 1.29 is 18.0 Å². The second-order valence-corrected chi connectivity index (χ2v) is 6.01. The maximum atomic E-state index is 13.2. The summed E-state index contributed by atoms with van der Waals surface area (Å²) < 4.78 is 39.6. The molecule has 1 aliphatic carbocycles. The van der Waals surface area contributed by atoms with Crippen LogP contribution in [0.3, 0.4) is 0 Å². The van der Waals surface area contributed by atoms with Crippen LogP contribution < -0.4 is 10.2 Å². The third-order valence-electron chi connectivity index (χ3n) is 4.11. The summed E-state index contributed by atoms with van der Waals surface area (Å²) in [6.07, 6.45) is -2.58. The zero-order valence-electron chi connectivity index (χ0n) is 13.7. The van der Waals surface area contributed by atoms with Crippen LogP contribution in [-0.2, 0) is 11.0 Å². The average Bonchev–Trinajstić information content (AvgIpc) is 3.35. The highest BCUT2D eigenvalue weighted by molar-refractivity contribution is 5.85. The van der Waals surface area contributed by atoms with Crippen molar-refractivity contribution >= 4 is 11.6 Å². The number of benzene rings is 1. The van der Waals surface area contributed by atoms with E-state index in [2.05, 4.69) is 5.32 Å². The monoisotopic (exact) mass is 339 g/mol. The van der Waals surface area contributed by atoms with E-state index in [1.165, 1.54) is 12.1 Å². The minimum absolute atomic E-state index is 0.226. The van der Waals surface area contributed by atoms with E-state index >= 15 is 0 Å². The maximum absolute atomic E-state index is 13.2. The first-order chi connectivity index (χ1) is 11.3. The lowest BCUT2D eigenvalue weighted by atomic mass is 10.1. The van der Waals surface area contributed by atoms with Gasteiger partial charge in [0.2, 0.25) is 5.91 Å². The Morgan fingerprint density at radius 3 is 2.62 bits per heavy atom. The normalized spacial score (nSPS) is 15.5. The molecule has 1 aliphatic rings. The van der Waals surface area contributed by atoms with Crippen molar-refractivity contribution in [1.82, 2.24) is 5.32 Å². The lowest BCUT2D eigenvalue weighted by Gasteiger charge is -2.31. The molecular weight excluding hydrogens is 319 g/mol. The number of nitrogens with one attached hydrogen (secondary N) is 1. The molecule has 4 nitrogen and oxygen atoms in total. The number of halogens is 3. The van der Waals surface area contributed by atoms with Gasteiger partial charge in [0, 0.05) is 18.8 Å². The molecule has 1 amide bonds. The quantitative estimate of drug-likeness (QED) is 0.865. The molecule has 0 unspecified atom stereocenters. The smallest absolute Gasteiger partial charge is 0.359 e. The van der Waals surface area contributed by atoms with Crippen LogP contribution in [0.1, 0.15) is 37.8 Å². The fourth-order valence-electron chi connectivity index (χ4n) is 2.57. The summed E-state index contributed by atoms with van der Waals surface area (Å²) in [6.45, 7) is 4.46. The number of carbonyl (C=O) groups is 1. The third kappa shape index (κ3) is 4.19. The zero-order valence-corrected chi connectivity index (χ0v) is 13.7. The molecule has 0 aliphatic heterocycles. The summed E-state index contributed by atoms with van der Waals surface area (Å²) in [5, 5.41) is 11.6. The molecule has 7 heteroatoms. The number of hydrogen-bond donors (Lipinski definition) is 1. The SMILES string of the molecule is CCNC(=O)[C@H](C)N(CC1CC1)c1ccc(C#N)c(C(F)(F)F)c1. The molecule has 1 atom stereocenters. The van der Waals surface area contributed by atoms with Crippen molar-refractivity contribution in [1.29, 1.82) is 5.26 Å². The molecule has 2 rings (SSSR count). The van der Waals surface area contributed by atoms with Crippen LogP contribution in [0, 0.1) is 17.2 Å². The van der Waals surface area contributed by atoms with Gasteiger partial charge in [0.15, 0.2) is 0 Å². The standard InChI is InChI=1S/C17H20F3N3O/c1-3-22-16(24)11(2)23(10-12-4-5-12)14-7-6-13(9-21)15(8-14)17(18,19)20/h6-8,11-12H,3-5,10H2,1-2H3,(H,22,24)/t11-/m0/s1. The molecule has 0 radical (unpaired) electrons. The second kappa shape index (κ2) is 7.12. The maximum Gasteiger partial charge on any atom is 0.417 e. The van der Waals surface area contributed by atoms with Crippen molar-refractivity contribution in [3.05, 3.63) is 29.3 Å². The molecular formula is C17H20F3N3O. The Balaban J connectivity index is 2.39. The molecule has 24 heavy (non-hydrogen) atoms. The van der Waals surface area contributed by atoms with E-state index in [1.54, 1.807) is 24.8 Å². The summed E-state index contributed by atoms with van der Waals surface area (Å²) >= 11 is 0. The van der Waals surface area contributed by atoms with Crippen molar-refractivity contribution in [3.8, 4) is 6.07 Å². The van der Waals surface area contributed by atoms with Crippen LogP contribution in [0.4, 0.5) is 18.9 Å². The summed E-state index contributed by atoms with van der Waals surface area (Å²) in [7, 11) is 0. The number of likely N-dealkylation sites (N-methyl/N-ethyl adjacent to an activating group) is 1. The van der Waals surface area contributed by atoms with E-state index in [9.17, 15) is 18.0 Å². The molecule has 1 aromatic rings. The van der Waals surface area contributed by atoms with Gasteiger partial charge in [-0.15, -0.1) is 0 Å². The van der Waals surface area contributed by atoms with Gasteiger partial charge in [-0.3, -0.25) is 4.79 Å². The van der Waals surface area contributed by atoms with Crippen LogP contribution in [0.5, 0.6) is 0 Å². The van der Waals surface area contributed by atoms with E-state index in [1.807, 2.05) is 0 Å². The zero-order chi connectivity index (χ0) is 17.9. The summed E-state index contributed by atoms with van der Waals surface area (Å²) in [4.78, 5) is 13.8. The summed E-state index contributed by atoms with van der Waals surface area (Å²) in [5.41, 5.74) is -1.07. The first-order valence-corrected chi connectivity index (χ1v) is 7.93. The largest absolute Gasteiger partial charge is 0.417 e. The molecule has 1 saturated carbocycles. The van der Waals surface area contributed by atoms with Gasteiger partial charge < -0.3 is 10.2 Å². The highest BCUT2D eigenvalue weighted by atomic mass is 19.4. The van der Waals surface area contributed by atoms with Gasteiger partial charge in [0.05, 0.1) is 17.2 Å². The van der Waals surface area contributed by atoms with Crippen molar-refractivity contribution in [2.45, 2.75) is 38.9 Å². The highest BCUT2D eigenvalue weighted by Crippen LogP contribution is 2.37. The molecule has 0 saturated heterocycles. The topological polar surface area (TPSA) is 56.1 Å². The number of nitriles is 1. The Kier molecular flexibility index (Phi) is 5.37. The van der Waals surface area contributed by atoms with Gasteiger partial charge in [0.1, 0.15) is 6.04 Å². The van der Waals surface area contributed by atoms with Gasteiger partial charge in [0.25, 0.3) is 0 Å². The second-order valence-electron chi connectivity index (χ2n) is 6.01. The van der Waals surface area contributed by atoms with Crippen molar-refractivity contribution in [2.24, 2.45) is 5.92 Å². The average molecular weight is 339 g/mol. The number of anilines is 1. The number of carbonyl (C=O) groups excluding carboxylic acids is 1. The molecule has 1 aromatic carbocycles. The van der Waals surface area contributed by atoms with Gasteiger partial charge in [-0.25, -0.2) is 0 Å². The molecule has 0 spiro atoms. The Morgan fingerprint density at radius 1 is 1.46 bits per heavy atom. The van der Waals surface area contributed by atoms with E-state index in [4.69, 9.17) is 5.26 Å². The van der Waals surface area contributed by atoms with E-state index in [-0.39, 0.29) is 5.91 Å². The first kappa shape index (κ1) is 18.1. The van der Waals surface area contributed by atoms with E-state index in [0.29, 0.717) is 24.7 Å². The number of nitrogens with zero attached hydrogens (tertiary/aromatic N) is 2. The molecule has 1 N–H and O–H groups in total. The van der Waals surface area contributed by atoms with Gasteiger partial charge in [-0.1, -0.05) is 0 Å². The number of rotatable bonds is 6. The minimum atomic E-state index is -4.61. The Morgan fingerprint density at radius 2 is 2.12 bits per heavy atom. The predicted octanol–water partition coefficient (Wildman–Crippen LogP) is 3.32. The van der Waals surface area contributed by atoms with Gasteiger partial charge >= 0.3 is 6.18 Å². The van der Waals surface area contributed by atoms with E-state index < -0.39 is 23.3 Å². The number of amides is 1. The highest BCUT2D eigenvalue weighted by Gasteiger charge is 2.35. The minimum Gasteiger partial charge on any atom is -0.359 e. The van der Waals surface area contributed by atoms with Gasteiger partial charge in [-0.2, -0.15) is 18.4 Å². The van der Waals surface area contributed by atoms with Crippen LogP contribution >= 0.6 is 0 Å². The van der Waals surface area contributed by atoms with Crippen LogP contribution in [0.25, 0.3) is 0 Å². The van der Waals surface area contributed by atoms with Gasteiger partial charge in [-0.05, 0) is 50.8 Å². The fraction of sp³-hybridized carbons (Fsp3) is 0.529. The lowest BCUT2D eigenvalue weighted by Crippen LogP contribution is -2.46.